The maximum Gasteiger partial charge on any atom is 0.317 e. The van der Waals surface area contributed by atoms with Gasteiger partial charge in [-0.05, 0) is 39.0 Å². The van der Waals surface area contributed by atoms with Crippen molar-refractivity contribution in [2.45, 2.75) is 107 Å². The third-order valence-electron chi connectivity index (χ3n) is 9.09. The highest BCUT2D eigenvalue weighted by atomic mass is 16.5. The van der Waals surface area contributed by atoms with Gasteiger partial charge in [-0.25, -0.2) is 4.79 Å². The van der Waals surface area contributed by atoms with E-state index in [2.05, 4.69) is 15.5 Å². The smallest absolute Gasteiger partial charge is 0.317 e. The maximum atomic E-state index is 13.9. The molecule has 5 fully saturated rings. The summed E-state index contributed by atoms with van der Waals surface area (Å²) in [6.45, 7) is 6.60. The van der Waals surface area contributed by atoms with Gasteiger partial charge in [-0.1, -0.05) is 19.3 Å². The van der Waals surface area contributed by atoms with Crippen molar-refractivity contribution >= 4 is 17.8 Å². The largest absolute Gasteiger partial charge is 0.388 e. The van der Waals surface area contributed by atoms with Crippen LogP contribution in [0.5, 0.6) is 0 Å². The minimum absolute atomic E-state index is 0.0170. The molecule has 5 rings (SSSR count). The Kier molecular flexibility index (Phi) is 9.51. The molecule has 5 aliphatic rings. The third kappa shape index (κ3) is 6.89. The van der Waals surface area contributed by atoms with Crippen LogP contribution >= 0.6 is 0 Å². The van der Waals surface area contributed by atoms with Crippen LogP contribution in [-0.4, -0.2) is 137 Å². The number of urea groups is 1. The summed E-state index contributed by atoms with van der Waals surface area (Å²) >= 11 is 0. The highest BCUT2D eigenvalue weighted by molar-refractivity contribution is 5.83. The molecular weight excluding hydrogens is 518 g/mol. The second-order valence-electron chi connectivity index (χ2n) is 12.7. The van der Waals surface area contributed by atoms with E-state index in [4.69, 9.17) is 9.47 Å². The van der Waals surface area contributed by atoms with Gasteiger partial charge in [0.05, 0.1) is 44.4 Å². The van der Waals surface area contributed by atoms with Gasteiger partial charge in [-0.3, -0.25) is 14.5 Å². The van der Waals surface area contributed by atoms with Crippen LogP contribution in [0.1, 0.15) is 58.8 Å². The molecule has 0 radical (unpaired) electrons. The van der Waals surface area contributed by atoms with Crippen molar-refractivity contribution in [3.63, 3.8) is 0 Å². The summed E-state index contributed by atoms with van der Waals surface area (Å²) in [5.74, 6) is 0.333. The van der Waals surface area contributed by atoms with Crippen LogP contribution in [0.4, 0.5) is 4.79 Å². The number of carbonyl (C=O) groups excluding carboxylic acids is 3. The SMILES string of the molecule is CC(C)NC(=O)N1C[C@@H]2CN(CCO2)C(=O)[C@@H]2C[C@@H](CN2CC2CCCCC2)NC(=O)C[C@@H]2O[C@H](C1)[C@@H](O)[C@H]2O. The lowest BCUT2D eigenvalue weighted by molar-refractivity contribution is -0.144. The summed E-state index contributed by atoms with van der Waals surface area (Å²) in [5.41, 5.74) is 0. The lowest BCUT2D eigenvalue weighted by atomic mass is 9.89. The van der Waals surface area contributed by atoms with Gasteiger partial charge in [0.25, 0.3) is 0 Å². The first-order valence-electron chi connectivity index (χ1n) is 15.2. The predicted molar refractivity (Wildman–Crippen MR) is 145 cm³/mol. The molecule has 4 amide bonds. The van der Waals surface area contributed by atoms with Crippen LogP contribution in [0.2, 0.25) is 0 Å². The number of aliphatic hydroxyl groups excluding tert-OH is 2. The molecule has 4 saturated heterocycles. The molecule has 0 spiro atoms. The summed E-state index contributed by atoms with van der Waals surface area (Å²) in [6.07, 6.45) is 1.84. The lowest BCUT2D eigenvalue weighted by Gasteiger charge is -2.39. The molecule has 12 heteroatoms. The van der Waals surface area contributed by atoms with Crippen molar-refractivity contribution in [1.29, 1.82) is 0 Å². The Morgan fingerprint density at radius 1 is 1.05 bits per heavy atom. The second kappa shape index (κ2) is 12.9. The van der Waals surface area contributed by atoms with Crippen LogP contribution in [0.15, 0.2) is 0 Å². The number of morpholine rings is 1. The van der Waals surface area contributed by atoms with E-state index in [1.165, 1.54) is 37.0 Å². The molecule has 6 bridgehead atoms. The van der Waals surface area contributed by atoms with Gasteiger partial charge in [0, 0.05) is 38.3 Å². The van der Waals surface area contributed by atoms with Gasteiger partial charge < -0.3 is 40.1 Å². The number of carbonyl (C=O) groups is 3. The Hall–Kier alpha value is -1.99. The number of ether oxygens (including phenoxy) is 2. The summed E-state index contributed by atoms with van der Waals surface area (Å²) in [6, 6.07) is -0.949. The fourth-order valence-electron chi connectivity index (χ4n) is 7.07. The van der Waals surface area contributed by atoms with E-state index in [9.17, 15) is 24.6 Å². The first kappa shape index (κ1) is 29.5. The fourth-order valence-corrected chi connectivity index (χ4v) is 7.07. The summed E-state index contributed by atoms with van der Waals surface area (Å²) in [4.78, 5) is 45.8. The zero-order valence-electron chi connectivity index (χ0n) is 23.9. The number of rotatable bonds is 3. The zero-order valence-corrected chi connectivity index (χ0v) is 23.9. The van der Waals surface area contributed by atoms with Crippen LogP contribution in [0.3, 0.4) is 0 Å². The van der Waals surface area contributed by atoms with Gasteiger partial charge >= 0.3 is 6.03 Å². The van der Waals surface area contributed by atoms with Crippen LogP contribution in [0, 0.1) is 5.92 Å². The molecule has 40 heavy (non-hydrogen) atoms. The van der Waals surface area contributed by atoms with Crippen molar-refractivity contribution < 1.29 is 34.1 Å². The predicted octanol–water partition coefficient (Wildman–Crippen LogP) is -0.334. The first-order chi connectivity index (χ1) is 19.2. The van der Waals surface area contributed by atoms with Crippen LogP contribution < -0.4 is 10.6 Å². The number of nitrogens with one attached hydrogen (secondary N) is 2. The van der Waals surface area contributed by atoms with E-state index in [0.29, 0.717) is 38.6 Å². The van der Waals surface area contributed by atoms with Gasteiger partial charge in [0.2, 0.25) is 11.8 Å². The van der Waals surface area contributed by atoms with Crippen molar-refractivity contribution in [3.8, 4) is 0 Å². The zero-order chi connectivity index (χ0) is 28.4. The summed E-state index contributed by atoms with van der Waals surface area (Å²) < 4.78 is 12.0. The molecule has 4 aliphatic heterocycles. The molecule has 1 aliphatic carbocycles. The van der Waals surface area contributed by atoms with E-state index in [1.54, 1.807) is 0 Å². The Balaban J connectivity index is 1.38. The first-order valence-corrected chi connectivity index (χ1v) is 15.2. The maximum absolute atomic E-state index is 13.9. The van der Waals surface area contributed by atoms with Crippen molar-refractivity contribution in [3.05, 3.63) is 0 Å². The van der Waals surface area contributed by atoms with E-state index in [1.807, 2.05) is 18.7 Å². The molecule has 0 unspecified atom stereocenters. The topological polar surface area (TPSA) is 144 Å². The van der Waals surface area contributed by atoms with Crippen molar-refractivity contribution in [2.75, 3.05) is 45.9 Å². The lowest BCUT2D eigenvalue weighted by Crippen LogP contribution is -2.57. The Morgan fingerprint density at radius 3 is 2.55 bits per heavy atom. The highest BCUT2D eigenvalue weighted by Crippen LogP contribution is 2.30. The number of amides is 4. The number of nitrogens with zero attached hydrogens (tertiary/aromatic N) is 3. The van der Waals surface area contributed by atoms with Crippen LogP contribution in [0.25, 0.3) is 0 Å². The van der Waals surface area contributed by atoms with Gasteiger partial charge in [0.15, 0.2) is 0 Å². The number of likely N-dealkylation sites (tertiary alicyclic amines) is 1. The Morgan fingerprint density at radius 2 is 1.80 bits per heavy atom. The molecule has 4 N–H and O–H groups in total. The van der Waals surface area contributed by atoms with E-state index >= 15 is 0 Å². The molecule has 4 heterocycles. The molecular formula is C28H47N5O7. The molecule has 0 aromatic heterocycles. The second-order valence-corrected chi connectivity index (χ2v) is 12.7. The fraction of sp³-hybridized carbons (Fsp3) is 0.893. The minimum atomic E-state index is -1.25. The molecule has 226 valence electrons. The Bertz CT molecular complexity index is 915. The molecule has 0 aromatic rings. The number of hydrogen-bond donors (Lipinski definition) is 4. The quantitative estimate of drug-likeness (QED) is 0.364. The number of hydrogen-bond acceptors (Lipinski definition) is 8. The molecule has 1 saturated carbocycles. The number of fused-ring (bicyclic) bond motifs is 6. The van der Waals surface area contributed by atoms with Crippen LogP contribution in [-0.2, 0) is 19.1 Å². The van der Waals surface area contributed by atoms with E-state index < -0.39 is 30.5 Å². The van der Waals surface area contributed by atoms with E-state index in [-0.39, 0.29) is 55.5 Å². The number of aliphatic hydroxyl groups is 2. The monoisotopic (exact) mass is 565 g/mol. The van der Waals surface area contributed by atoms with Gasteiger partial charge in [-0.2, -0.15) is 0 Å². The molecule has 0 aromatic carbocycles. The Labute approximate surface area is 236 Å². The highest BCUT2D eigenvalue weighted by Gasteiger charge is 2.46. The third-order valence-corrected chi connectivity index (χ3v) is 9.09. The molecule has 12 nitrogen and oxygen atoms in total. The van der Waals surface area contributed by atoms with Gasteiger partial charge in [0.1, 0.15) is 18.3 Å². The summed E-state index contributed by atoms with van der Waals surface area (Å²) in [5, 5.41) is 27.4. The average Bonchev–Trinajstić information content (AvgIpc) is 3.42. The normalized spacial score (nSPS) is 36.7. The van der Waals surface area contributed by atoms with Gasteiger partial charge in [-0.15, -0.1) is 0 Å². The minimum Gasteiger partial charge on any atom is -0.388 e. The standard InChI is InChI=1S/C28H47N5O7/c1-17(2)29-28(38)33-15-20-14-31(8-9-39-20)27(37)21-10-19(13-32(21)12-18-6-4-3-5-7-18)30-24(34)11-22-25(35)26(36)23(16-33)40-22/h17-23,25-26,35-36H,3-16H2,1-2H3,(H,29,38)(H,30,34)/t19-,20-,21-,22-,23+,25-,26+/m0/s1. The van der Waals surface area contributed by atoms with Crippen molar-refractivity contribution in [1.82, 2.24) is 25.3 Å². The molecule has 7 atom stereocenters. The summed E-state index contributed by atoms with van der Waals surface area (Å²) in [7, 11) is 0. The van der Waals surface area contributed by atoms with E-state index in [0.717, 1.165) is 6.54 Å². The van der Waals surface area contributed by atoms with Crippen molar-refractivity contribution in [2.24, 2.45) is 5.92 Å². The average molecular weight is 566 g/mol.